The van der Waals surface area contributed by atoms with Crippen molar-refractivity contribution < 1.29 is 8.42 Å². The molecule has 0 fully saturated rings. The van der Waals surface area contributed by atoms with Crippen LogP contribution in [0.4, 0.5) is 0 Å². The van der Waals surface area contributed by atoms with Gasteiger partial charge in [0.15, 0.2) is 0 Å². The molecule has 25 heavy (non-hydrogen) atoms. The van der Waals surface area contributed by atoms with E-state index >= 15 is 0 Å². The smallest absolute Gasteiger partial charge is 0.244 e. The van der Waals surface area contributed by atoms with E-state index in [4.69, 9.17) is 0 Å². The topological polar surface area (TPSA) is 85.1 Å². The molecule has 0 radical (unpaired) electrons. The lowest BCUT2D eigenvalue weighted by Gasteiger charge is -2.17. The van der Waals surface area contributed by atoms with E-state index in [0.717, 1.165) is 50.4 Å². The van der Waals surface area contributed by atoms with E-state index in [0.29, 0.717) is 6.54 Å². The Hall–Kier alpha value is -1.71. The van der Waals surface area contributed by atoms with Crippen molar-refractivity contribution in [2.24, 2.45) is 0 Å². The summed E-state index contributed by atoms with van der Waals surface area (Å²) >= 11 is 0. The predicted octanol–water partition coefficient (Wildman–Crippen LogP) is 1.19. The van der Waals surface area contributed by atoms with Crippen LogP contribution in [0.15, 0.2) is 23.4 Å². The Balaban J connectivity index is 1.67. The highest BCUT2D eigenvalue weighted by Crippen LogP contribution is 2.15. The molecule has 3 heterocycles. The maximum absolute atomic E-state index is 12.4. The van der Waals surface area contributed by atoms with Gasteiger partial charge in [0.05, 0.1) is 24.1 Å². The molecule has 0 atom stereocenters. The van der Waals surface area contributed by atoms with Crippen LogP contribution in [0.5, 0.6) is 0 Å². The summed E-state index contributed by atoms with van der Waals surface area (Å²) in [5.41, 5.74) is 1.90. The molecule has 0 amide bonds. The predicted molar refractivity (Wildman–Crippen MR) is 94.3 cm³/mol. The first-order chi connectivity index (χ1) is 12.0. The van der Waals surface area contributed by atoms with Crippen LogP contribution in [-0.2, 0) is 36.2 Å². The van der Waals surface area contributed by atoms with Gasteiger partial charge in [-0.15, -0.1) is 0 Å². The summed E-state index contributed by atoms with van der Waals surface area (Å²) in [5, 5.41) is 8.58. The monoisotopic (exact) mass is 366 g/mol. The lowest BCUT2D eigenvalue weighted by Crippen LogP contribution is -2.24. The maximum atomic E-state index is 12.4. The first-order valence-electron chi connectivity index (χ1n) is 8.82. The van der Waals surface area contributed by atoms with Gasteiger partial charge in [-0.25, -0.2) is 13.1 Å². The summed E-state index contributed by atoms with van der Waals surface area (Å²) in [5.74, 6) is 0. The Kier molecular flexibility index (Phi) is 5.55. The molecule has 8 nitrogen and oxygen atoms in total. The molecule has 1 aliphatic heterocycles. The van der Waals surface area contributed by atoms with Crippen LogP contribution in [0.2, 0.25) is 0 Å². The Labute approximate surface area is 148 Å². The highest BCUT2D eigenvalue weighted by molar-refractivity contribution is 7.89. The number of aryl methyl sites for hydroxylation is 2. The molecule has 2 aromatic heterocycles. The standard InChI is InChI=1S/C16H26N6O2S/c1-3-6-20-7-5-8-22-15(12-20)9-14(19-22)10-18-25(23,24)16-11-17-21(4-2)13-16/h9,11,13,18H,3-8,10,12H2,1-2H3. The zero-order valence-electron chi connectivity index (χ0n) is 14.8. The van der Waals surface area contributed by atoms with Crippen molar-refractivity contribution in [1.29, 1.82) is 0 Å². The minimum atomic E-state index is -3.57. The van der Waals surface area contributed by atoms with Gasteiger partial charge in [0.2, 0.25) is 10.0 Å². The first kappa shape index (κ1) is 18.1. The van der Waals surface area contributed by atoms with Gasteiger partial charge in [0, 0.05) is 32.4 Å². The average molecular weight is 366 g/mol. The third kappa shape index (κ3) is 4.28. The lowest BCUT2D eigenvalue weighted by molar-refractivity contribution is 0.270. The van der Waals surface area contributed by atoms with Crippen LogP contribution in [-0.4, -0.2) is 46.0 Å². The Morgan fingerprint density at radius 1 is 1.28 bits per heavy atom. The molecule has 0 bridgehead atoms. The molecule has 9 heteroatoms. The summed E-state index contributed by atoms with van der Waals surface area (Å²) < 4.78 is 30.9. The van der Waals surface area contributed by atoms with Crippen molar-refractivity contribution in [3.63, 3.8) is 0 Å². The fraction of sp³-hybridized carbons (Fsp3) is 0.625. The fourth-order valence-corrected chi connectivity index (χ4v) is 4.04. The second kappa shape index (κ2) is 7.67. The first-order valence-corrected chi connectivity index (χ1v) is 10.3. The third-order valence-corrected chi connectivity index (χ3v) is 5.73. The molecule has 1 N–H and O–H groups in total. The molecule has 138 valence electrons. The van der Waals surface area contributed by atoms with E-state index in [1.165, 1.54) is 12.4 Å². The highest BCUT2D eigenvalue weighted by Gasteiger charge is 2.19. The summed E-state index contributed by atoms with van der Waals surface area (Å²) in [6.07, 6.45) is 5.10. The summed E-state index contributed by atoms with van der Waals surface area (Å²) in [6.45, 7) is 8.84. The zero-order valence-corrected chi connectivity index (χ0v) is 15.7. The van der Waals surface area contributed by atoms with E-state index in [2.05, 4.69) is 26.7 Å². The molecule has 0 saturated heterocycles. The minimum absolute atomic E-state index is 0.184. The molecule has 2 aromatic rings. The highest BCUT2D eigenvalue weighted by atomic mass is 32.2. The normalized spacial score (nSPS) is 15.9. The quantitative estimate of drug-likeness (QED) is 0.796. The van der Waals surface area contributed by atoms with Crippen molar-refractivity contribution in [1.82, 2.24) is 29.2 Å². The molecule has 1 aliphatic rings. The van der Waals surface area contributed by atoms with Crippen LogP contribution >= 0.6 is 0 Å². The van der Waals surface area contributed by atoms with Crippen molar-refractivity contribution in [2.45, 2.75) is 57.8 Å². The number of hydrogen-bond acceptors (Lipinski definition) is 5. The summed E-state index contributed by atoms with van der Waals surface area (Å²) in [4.78, 5) is 2.61. The number of aromatic nitrogens is 4. The molecular formula is C16H26N6O2S. The van der Waals surface area contributed by atoms with Gasteiger partial charge in [-0.05, 0) is 32.4 Å². The molecule has 0 aromatic carbocycles. The summed E-state index contributed by atoms with van der Waals surface area (Å²) in [7, 11) is -3.57. The molecular weight excluding hydrogens is 340 g/mol. The van der Waals surface area contributed by atoms with Crippen LogP contribution in [0, 0.1) is 0 Å². The van der Waals surface area contributed by atoms with E-state index < -0.39 is 10.0 Å². The van der Waals surface area contributed by atoms with Crippen LogP contribution < -0.4 is 4.72 Å². The van der Waals surface area contributed by atoms with Crippen molar-refractivity contribution in [3.05, 3.63) is 29.8 Å². The molecule has 0 unspecified atom stereocenters. The molecule has 3 rings (SSSR count). The average Bonchev–Trinajstić information content (AvgIpc) is 3.17. The number of sulfonamides is 1. The van der Waals surface area contributed by atoms with Crippen molar-refractivity contribution in [3.8, 4) is 0 Å². The maximum Gasteiger partial charge on any atom is 0.244 e. The third-order valence-electron chi connectivity index (χ3n) is 4.37. The number of fused-ring (bicyclic) bond motifs is 1. The molecule has 0 saturated carbocycles. The Bertz CT molecular complexity index is 810. The van der Waals surface area contributed by atoms with Crippen molar-refractivity contribution >= 4 is 10.0 Å². The van der Waals surface area contributed by atoms with Gasteiger partial charge in [-0.3, -0.25) is 14.3 Å². The fourth-order valence-electron chi connectivity index (χ4n) is 3.09. The molecule has 0 aliphatic carbocycles. The zero-order chi connectivity index (χ0) is 17.9. The Morgan fingerprint density at radius 2 is 2.12 bits per heavy atom. The van der Waals surface area contributed by atoms with Gasteiger partial charge in [0.1, 0.15) is 4.90 Å². The second-order valence-electron chi connectivity index (χ2n) is 6.34. The van der Waals surface area contributed by atoms with Gasteiger partial charge in [-0.2, -0.15) is 10.2 Å². The van der Waals surface area contributed by atoms with E-state index in [9.17, 15) is 8.42 Å². The Morgan fingerprint density at radius 3 is 2.84 bits per heavy atom. The van der Waals surface area contributed by atoms with Crippen LogP contribution in [0.3, 0.4) is 0 Å². The van der Waals surface area contributed by atoms with Gasteiger partial charge < -0.3 is 0 Å². The van der Waals surface area contributed by atoms with E-state index in [-0.39, 0.29) is 11.4 Å². The van der Waals surface area contributed by atoms with Crippen molar-refractivity contribution in [2.75, 3.05) is 13.1 Å². The number of rotatable bonds is 7. The largest absolute Gasteiger partial charge is 0.297 e. The molecule has 0 spiro atoms. The lowest BCUT2D eigenvalue weighted by atomic mass is 10.3. The second-order valence-corrected chi connectivity index (χ2v) is 8.10. The number of nitrogens with zero attached hydrogens (tertiary/aromatic N) is 5. The summed E-state index contributed by atoms with van der Waals surface area (Å²) in [6, 6.07) is 2.01. The van der Waals surface area contributed by atoms with Gasteiger partial charge in [-0.1, -0.05) is 6.92 Å². The number of hydrogen-bond donors (Lipinski definition) is 1. The van der Waals surface area contributed by atoms with Crippen LogP contribution in [0.1, 0.15) is 38.1 Å². The number of nitrogens with one attached hydrogen (secondary N) is 1. The van der Waals surface area contributed by atoms with Crippen LogP contribution in [0.25, 0.3) is 0 Å². The van der Waals surface area contributed by atoms with Gasteiger partial charge >= 0.3 is 0 Å². The van der Waals surface area contributed by atoms with E-state index in [1.807, 2.05) is 17.7 Å². The van der Waals surface area contributed by atoms with Gasteiger partial charge in [0.25, 0.3) is 0 Å². The minimum Gasteiger partial charge on any atom is -0.297 e. The SMILES string of the molecule is CCCN1CCCn2nc(CNS(=O)(=O)c3cnn(CC)c3)cc2C1. The van der Waals surface area contributed by atoms with E-state index in [1.54, 1.807) is 4.68 Å².